The van der Waals surface area contributed by atoms with E-state index < -0.39 is 11.8 Å². The Kier molecular flexibility index (Phi) is 6.28. The number of carbonyl (C=O) groups excluding carboxylic acids is 2. The van der Waals surface area contributed by atoms with E-state index in [1.165, 1.54) is 0 Å². The summed E-state index contributed by atoms with van der Waals surface area (Å²) in [5, 5.41) is 5.13. The first-order valence-corrected chi connectivity index (χ1v) is 6.10. The molecule has 0 aromatic heterocycles. The lowest BCUT2D eigenvalue weighted by Crippen LogP contribution is -2.47. The molecule has 0 heterocycles. The van der Waals surface area contributed by atoms with Gasteiger partial charge in [0.2, 0.25) is 0 Å². The maximum atomic E-state index is 11.5. The predicted octanol–water partition coefficient (Wildman–Crippen LogP) is -0.811. The third kappa shape index (κ3) is 6.56. The lowest BCUT2D eigenvalue weighted by Gasteiger charge is -2.24. The van der Waals surface area contributed by atoms with Gasteiger partial charge in [0.25, 0.3) is 0 Å². The largest absolute Gasteiger partial charge is 0.347 e. The van der Waals surface area contributed by atoms with E-state index in [4.69, 9.17) is 11.5 Å². The molecule has 0 aliphatic carbocycles. The van der Waals surface area contributed by atoms with Gasteiger partial charge >= 0.3 is 11.8 Å². The first-order valence-electron chi connectivity index (χ1n) is 6.10. The molecule has 0 fully saturated rings. The summed E-state index contributed by atoms with van der Waals surface area (Å²) in [6.07, 6.45) is 0. The van der Waals surface area contributed by atoms with Crippen LogP contribution in [0.4, 0.5) is 0 Å². The molecule has 106 valence electrons. The van der Waals surface area contributed by atoms with E-state index in [0.717, 1.165) is 0 Å². The molecule has 0 spiro atoms. The molecule has 0 aliphatic rings. The van der Waals surface area contributed by atoms with Crippen molar-refractivity contribution >= 4 is 11.8 Å². The molecule has 0 saturated heterocycles. The maximum absolute atomic E-state index is 11.5. The Balaban J connectivity index is 4.09. The third-order valence-corrected chi connectivity index (χ3v) is 2.77. The quantitative estimate of drug-likeness (QED) is 0.467. The minimum atomic E-state index is -0.635. The van der Waals surface area contributed by atoms with Crippen molar-refractivity contribution in [2.75, 3.05) is 26.2 Å². The second kappa shape index (κ2) is 6.70. The Hall–Kier alpha value is -1.14. The highest BCUT2D eigenvalue weighted by Crippen LogP contribution is 2.10. The smallest absolute Gasteiger partial charge is 0.309 e. The normalized spacial score (nSPS) is 12.1. The zero-order chi connectivity index (χ0) is 14.4. The first kappa shape index (κ1) is 16.9. The van der Waals surface area contributed by atoms with Crippen molar-refractivity contribution < 1.29 is 9.59 Å². The van der Waals surface area contributed by atoms with Gasteiger partial charge < -0.3 is 22.1 Å². The summed E-state index contributed by atoms with van der Waals surface area (Å²) in [7, 11) is 0. The molecule has 0 aliphatic heterocycles. The van der Waals surface area contributed by atoms with Gasteiger partial charge in [-0.1, -0.05) is 27.7 Å². The Morgan fingerprint density at radius 1 is 0.833 bits per heavy atom. The van der Waals surface area contributed by atoms with Crippen LogP contribution in [-0.4, -0.2) is 38.0 Å². The maximum Gasteiger partial charge on any atom is 0.309 e. The minimum absolute atomic E-state index is 0.216. The summed E-state index contributed by atoms with van der Waals surface area (Å²) >= 11 is 0. The van der Waals surface area contributed by atoms with Gasteiger partial charge in [0.05, 0.1) is 0 Å². The van der Waals surface area contributed by atoms with Crippen molar-refractivity contribution in [2.45, 2.75) is 27.7 Å². The molecule has 0 aromatic rings. The Morgan fingerprint density at radius 3 is 1.33 bits per heavy atom. The third-order valence-electron chi connectivity index (χ3n) is 2.77. The van der Waals surface area contributed by atoms with Crippen molar-refractivity contribution in [3.05, 3.63) is 0 Å². The number of carbonyl (C=O) groups is 2. The summed E-state index contributed by atoms with van der Waals surface area (Å²) in [5.41, 5.74) is 10.6. The van der Waals surface area contributed by atoms with Gasteiger partial charge in [-0.15, -0.1) is 0 Å². The Bertz CT molecular complexity index is 270. The van der Waals surface area contributed by atoms with Crippen LogP contribution in [0.1, 0.15) is 27.7 Å². The highest BCUT2D eigenvalue weighted by atomic mass is 16.2. The molecule has 6 heteroatoms. The van der Waals surface area contributed by atoms with E-state index in [1.807, 2.05) is 27.7 Å². The van der Waals surface area contributed by atoms with Crippen LogP contribution in [0.25, 0.3) is 0 Å². The van der Waals surface area contributed by atoms with E-state index in [0.29, 0.717) is 26.2 Å². The lowest BCUT2D eigenvalue weighted by atomic mass is 9.93. The monoisotopic (exact) mass is 258 g/mol. The van der Waals surface area contributed by atoms with E-state index in [2.05, 4.69) is 10.6 Å². The number of nitrogens with two attached hydrogens (primary N) is 2. The predicted molar refractivity (Wildman–Crippen MR) is 71.7 cm³/mol. The van der Waals surface area contributed by atoms with Crippen LogP contribution >= 0.6 is 0 Å². The molecule has 0 aromatic carbocycles. The fourth-order valence-corrected chi connectivity index (χ4v) is 0.944. The van der Waals surface area contributed by atoms with E-state index in [-0.39, 0.29) is 10.8 Å². The average Bonchev–Trinajstić information content (AvgIpc) is 2.33. The first-order chi connectivity index (χ1) is 8.13. The van der Waals surface area contributed by atoms with Crippen LogP contribution in [0.15, 0.2) is 0 Å². The molecule has 6 N–H and O–H groups in total. The Labute approximate surface area is 109 Å². The molecule has 18 heavy (non-hydrogen) atoms. The molecule has 2 amide bonds. The molecular formula is C12H26N4O2. The van der Waals surface area contributed by atoms with Gasteiger partial charge in [-0.25, -0.2) is 0 Å². The summed E-state index contributed by atoms with van der Waals surface area (Å²) in [4.78, 5) is 23.0. The molecule has 0 unspecified atom stereocenters. The van der Waals surface area contributed by atoms with Gasteiger partial charge in [0.15, 0.2) is 0 Å². The molecule has 6 nitrogen and oxygen atoms in total. The second-order valence-electron chi connectivity index (χ2n) is 6.10. The van der Waals surface area contributed by atoms with Gasteiger partial charge in [-0.3, -0.25) is 9.59 Å². The van der Waals surface area contributed by atoms with Crippen molar-refractivity contribution in [1.29, 1.82) is 0 Å². The van der Waals surface area contributed by atoms with Crippen LogP contribution in [0.2, 0.25) is 0 Å². The fraction of sp³-hybridized carbons (Fsp3) is 0.833. The Morgan fingerprint density at radius 2 is 1.11 bits per heavy atom. The molecule has 0 rings (SSSR count). The van der Waals surface area contributed by atoms with Crippen LogP contribution in [-0.2, 0) is 9.59 Å². The zero-order valence-electron chi connectivity index (χ0n) is 11.8. The summed E-state index contributed by atoms with van der Waals surface area (Å²) in [6, 6.07) is 0. The van der Waals surface area contributed by atoms with Crippen LogP contribution in [0.3, 0.4) is 0 Å². The summed E-state index contributed by atoms with van der Waals surface area (Å²) in [5.74, 6) is -1.27. The number of hydrogen-bond acceptors (Lipinski definition) is 4. The van der Waals surface area contributed by atoms with Crippen molar-refractivity contribution in [2.24, 2.45) is 22.3 Å². The zero-order valence-corrected chi connectivity index (χ0v) is 11.8. The second-order valence-corrected chi connectivity index (χ2v) is 6.10. The number of hydrogen-bond donors (Lipinski definition) is 4. The average molecular weight is 258 g/mol. The SMILES string of the molecule is CC(C)(CN)CNC(=O)C(=O)NCC(C)(C)CN. The van der Waals surface area contributed by atoms with Crippen molar-refractivity contribution in [1.82, 2.24) is 10.6 Å². The molecule has 0 atom stereocenters. The fourth-order valence-electron chi connectivity index (χ4n) is 0.944. The number of nitrogens with one attached hydrogen (secondary N) is 2. The molecular weight excluding hydrogens is 232 g/mol. The van der Waals surface area contributed by atoms with Gasteiger partial charge in [-0.05, 0) is 23.9 Å². The van der Waals surface area contributed by atoms with Gasteiger partial charge in [-0.2, -0.15) is 0 Å². The minimum Gasteiger partial charge on any atom is -0.347 e. The van der Waals surface area contributed by atoms with E-state index >= 15 is 0 Å². The van der Waals surface area contributed by atoms with Gasteiger partial charge in [0.1, 0.15) is 0 Å². The number of amides is 2. The standard InChI is InChI=1S/C12H26N4O2/c1-11(2,5-13)7-15-9(17)10(18)16-8-12(3,4)6-14/h5-8,13-14H2,1-4H3,(H,15,17)(H,16,18). The van der Waals surface area contributed by atoms with Crippen molar-refractivity contribution in [3.63, 3.8) is 0 Å². The van der Waals surface area contributed by atoms with Crippen LogP contribution < -0.4 is 22.1 Å². The molecule has 0 saturated carbocycles. The molecule has 0 radical (unpaired) electrons. The summed E-state index contributed by atoms with van der Waals surface area (Å²) in [6.45, 7) is 9.30. The molecule has 0 bridgehead atoms. The van der Waals surface area contributed by atoms with Crippen molar-refractivity contribution in [3.8, 4) is 0 Å². The van der Waals surface area contributed by atoms with Crippen LogP contribution in [0.5, 0.6) is 0 Å². The highest BCUT2D eigenvalue weighted by molar-refractivity contribution is 6.35. The highest BCUT2D eigenvalue weighted by Gasteiger charge is 2.22. The topological polar surface area (TPSA) is 110 Å². The van der Waals surface area contributed by atoms with Crippen LogP contribution in [0, 0.1) is 10.8 Å². The summed E-state index contributed by atoms with van der Waals surface area (Å²) < 4.78 is 0. The lowest BCUT2D eigenvalue weighted by molar-refractivity contribution is -0.139. The van der Waals surface area contributed by atoms with E-state index in [1.54, 1.807) is 0 Å². The van der Waals surface area contributed by atoms with E-state index in [9.17, 15) is 9.59 Å². The van der Waals surface area contributed by atoms with Gasteiger partial charge in [0, 0.05) is 13.1 Å². The number of rotatable bonds is 6.